The second-order valence-electron chi connectivity index (χ2n) is 15.1. The maximum absolute atomic E-state index is 13.3. The summed E-state index contributed by atoms with van der Waals surface area (Å²) in [6.45, 7) is 1.47. The summed E-state index contributed by atoms with van der Waals surface area (Å²) in [7, 11) is -20.2. The van der Waals surface area contributed by atoms with Crippen molar-refractivity contribution >= 4 is 108 Å². The van der Waals surface area contributed by atoms with Crippen molar-refractivity contribution in [1.29, 1.82) is 0 Å². The second-order valence-corrected chi connectivity index (χ2v) is 20.7. The fraction of sp³-hybridized carbons (Fsp3) is 0.0476. The van der Waals surface area contributed by atoms with Crippen molar-refractivity contribution in [2.45, 2.75) is 32.5 Å². The predicted molar refractivity (Wildman–Crippen MR) is 249 cm³/mol. The Bertz CT molecular complexity index is 4040. The van der Waals surface area contributed by atoms with Gasteiger partial charge in [-0.05, 0) is 102 Å². The molecule has 1 amide bonds. The Hall–Kier alpha value is -8.16. The van der Waals surface area contributed by atoms with Crippen molar-refractivity contribution in [2.24, 2.45) is 35.8 Å². The minimum atomic E-state index is -5.31. The van der Waals surface area contributed by atoms with Crippen LogP contribution in [0.25, 0.3) is 32.7 Å². The number of para-hydroxylation sites is 1. The molecule has 7 aromatic rings. The van der Waals surface area contributed by atoms with Crippen LogP contribution in [0.15, 0.2) is 165 Å². The van der Waals surface area contributed by atoms with Gasteiger partial charge in [-0.1, -0.05) is 36.4 Å². The number of carbonyl (C=O) groups excluding carboxylic acids is 1. The molecule has 8 N–H and O–H groups in total. The molecule has 1 aliphatic rings. The van der Waals surface area contributed by atoms with Gasteiger partial charge < -0.3 is 20.4 Å². The zero-order valence-corrected chi connectivity index (χ0v) is 38.7. The third-order valence-corrected chi connectivity index (χ3v) is 13.9. The van der Waals surface area contributed by atoms with Crippen molar-refractivity contribution in [3.05, 3.63) is 109 Å². The molecule has 25 nitrogen and oxygen atoms in total. The summed E-state index contributed by atoms with van der Waals surface area (Å²) < 4.78 is 137. The first-order valence-electron chi connectivity index (χ1n) is 19.6. The summed E-state index contributed by atoms with van der Waals surface area (Å²) in [5.74, 6) is -3.98. The summed E-state index contributed by atoms with van der Waals surface area (Å²) in [6.07, 6.45) is 0. The molecule has 7 aromatic carbocycles. The van der Waals surface area contributed by atoms with Crippen molar-refractivity contribution < 1.29 is 77.1 Å². The monoisotopic (exact) mass is 1050 g/mol. The number of aromatic hydroxyl groups is 4. The van der Waals surface area contributed by atoms with Crippen LogP contribution >= 0.6 is 0 Å². The largest absolute Gasteiger partial charge is 0.506 e. The summed E-state index contributed by atoms with van der Waals surface area (Å²) in [6, 6.07) is 20.1. The first-order valence-corrected chi connectivity index (χ1v) is 25.3. The molecule has 1 heterocycles. The van der Waals surface area contributed by atoms with E-state index in [1.807, 2.05) is 0 Å². The molecular formula is C42H30N8O17S4. The number of amides is 1. The van der Waals surface area contributed by atoms with Crippen LogP contribution in [0.2, 0.25) is 0 Å². The van der Waals surface area contributed by atoms with E-state index in [-0.39, 0.29) is 39.0 Å². The lowest BCUT2D eigenvalue weighted by atomic mass is 10.0. The average molecular weight is 1050 g/mol. The molecule has 0 radical (unpaired) electrons. The van der Waals surface area contributed by atoms with Crippen molar-refractivity contribution in [1.82, 2.24) is 0 Å². The van der Waals surface area contributed by atoms with Gasteiger partial charge in [-0.3, -0.25) is 23.0 Å². The number of phenolic OH excluding ortho intramolecular Hbond substituents is 4. The number of benzene rings is 7. The number of carbonyl (C=O) groups is 1. The molecule has 0 aromatic heterocycles. The number of hydrogen-bond acceptors (Lipinski definition) is 20. The van der Waals surface area contributed by atoms with Crippen LogP contribution in [0.5, 0.6) is 23.0 Å². The number of fused-ring (bicyclic) bond motifs is 2. The van der Waals surface area contributed by atoms with Gasteiger partial charge in [0.05, 0.1) is 32.3 Å². The number of anilines is 1. The Labute approximate surface area is 399 Å². The van der Waals surface area contributed by atoms with Crippen molar-refractivity contribution in [2.75, 3.05) is 5.01 Å². The minimum Gasteiger partial charge on any atom is -0.506 e. The highest BCUT2D eigenvalue weighted by atomic mass is 32.2. The molecule has 0 bridgehead atoms. The summed E-state index contributed by atoms with van der Waals surface area (Å²) >= 11 is 0. The summed E-state index contributed by atoms with van der Waals surface area (Å²) in [5.41, 5.74) is -1.67. The number of hydrogen-bond donors (Lipinski definition) is 8. The van der Waals surface area contributed by atoms with Crippen LogP contribution < -0.4 is 5.01 Å². The first kappa shape index (κ1) is 49.3. The molecule has 1 atom stereocenters. The van der Waals surface area contributed by atoms with Gasteiger partial charge in [0, 0.05) is 5.39 Å². The zero-order valence-electron chi connectivity index (χ0n) is 35.4. The quantitative estimate of drug-likeness (QED) is 0.0422. The Morgan fingerprint density at radius 1 is 0.521 bits per heavy atom. The van der Waals surface area contributed by atoms with Crippen LogP contribution in [-0.4, -0.2) is 90.0 Å². The van der Waals surface area contributed by atoms with Gasteiger partial charge in [0.15, 0.2) is 17.5 Å². The van der Waals surface area contributed by atoms with Gasteiger partial charge in [0.1, 0.15) is 44.0 Å². The smallest absolute Gasteiger partial charge is 0.298 e. The van der Waals surface area contributed by atoms with E-state index in [1.54, 1.807) is 30.3 Å². The fourth-order valence-corrected chi connectivity index (χ4v) is 9.42. The molecule has 1 unspecified atom stereocenters. The predicted octanol–water partition coefficient (Wildman–Crippen LogP) is 8.18. The van der Waals surface area contributed by atoms with E-state index in [0.29, 0.717) is 11.8 Å². The molecule has 71 heavy (non-hydrogen) atoms. The number of nitrogens with zero attached hydrogens (tertiary/aromatic N) is 8. The van der Waals surface area contributed by atoms with E-state index >= 15 is 0 Å². The Morgan fingerprint density at radius 2 is 1.07 bits per heavy atom. The van der Waals surface area contributed by atoms with Crippen LogP contribution in [0.1, 0.15) is 6.92 Å². The highest BCUT2D eigenvalue weighted by Gasteiger charge is 2.35. The van der Waals surface area contributed by atoms with E-state index in [0.717, 1.165) is 53.5 Å². The number of rotatable bonds is 12. The Morgan fingerprint density at radius 3 is 1.62 bits per heavy atom. The number of azo groups is 3. The standard InChI is InChI=1S/C42H30N8O17S4/c1-20-37(42(55)50(49-20)25-5-3-2-4-6-25)46-45-31-19-27(69(59,60)61)14-24-18-34(70(62,63)64)39(41(54)36(24)31)48-44-30-12-8-22(16-33(30)52)21-7-11-29(32(51)15-21)43-47-38-28-10-9-26(68(56,57)58)13-23(28)17-35(40(38)53)71(65,66)67/h2-19,37,51-54H,1H3,(H,56,57,58)(H,59,60,61)(H,62,63,64)(H,65,66,67). The fourth-order valence-electron chi connectivity index (χ4n) is 7.09. The average Bonchev–Trinajstić information content (AvgIpc) is 3.58. The van der Waals surface area contributed by atoms with E-state index in [9.17, 15) is 77.1 Å². The molecule has 0 saturated heterocycles. The van der Waals surface area contributed by atoms with Crippen LogP contribution in [-0.2, 0) is 45.3 Å². The minimum absolute atomic E-state index is 0.0826. The molecule has 0 saturated carbocycles. The normalized spacial score (nSPS) is 15.0. The first-order chi connectivity index (χ1) is 33.2. The summed E-state index contributed by atoms with van der Waals surface area (Å²) in [4.78, 5) is 9.63. The lowest BCUT2D eigenvalue weighted by Crippen LogP contribution is -2.29. The van der Waals surface area contributed by atoms with Gasteiger partial charge in [-0.25, -0.2) is 0 Å². The Balaban J connectivity index is 1.12. The van der Waals surface area contributed by atoms with Gasteiger partial charge in [0.2, 0.25) is 0 Å². The molecular weight excluding hydrogens is 1020 g/mol. The number of hydrazone groups is 1. The van der Waals surface area contributed by atoms with Gasteiger partial charge in [-0.2, -0.15) is 54.0 Å². The van der Waals surface area contributed by atoms with Gasteiger partial charge >= 0.3 is 0 Å². The molecule has 0 fully saturated rings. The Kier molecular flexibility index (Phi) is 12.5. The highest BCUT2D eigenvalue weighted by Crippen LogP contribution is 2.48. The molecule has 0 spiro atoms. The van der Waals surface area contributed by atoms with Crippen LogP contribution in [0.4, 0.5) is 34.1 Å². The van der Waals surface area contributed by atoms with Crippen LogP contribution in [0, 0.1) is 0 Å². The highest BCUT2D eigenvalue weighted by molar-refractivity contribution is 7.86. The lowest BCUT2D eigenvalue weighted by molar-refractivity contribution is -0.117. The maximum Gasteiger partial charge on any atom is 0.298 e. The van der Waals surface area contributed by atoms with Crippen molar-refractivity contribution in [3.63, 3.8) is 0 Å². The van der Waals surface area contributed by atoms with E-state index in [1.165, 1.54) is 31.2 Å². The molecule has 0 aliphatic carbocycles. The zero-order chi connectivity index (χ0) is 51.5. The topological polar surface area (TPSA) is 405 Å². The van der Waals surface area contributed by atoms with E-state index in [4.69, 9.17) is 0 Å². The maximum atomic E-state index is 13.3. The number of phenols is 4. The lowest BCUT2D eigenvalue weighted by Gasteiger charge is -2.13. The van der Waals surface area contributed by atoms with E-state index < -0.39 is 123 Å². The molecule has 1 aliphatic heterocycles. The summed E-state index contributed by atoms with van der Waals surface area (Å²) in [5, 5.41) is 71.7. The van der Waals surface area contributed by atoms with Crippen molar-refractivity contribution in [3.8, 4) is 34.1 Å². The van der Waals surface area contributed by atoms with Gasteiger partial charge in [0.25, 0.3) is 46.4 Å². The molecule has 364 valence electrons. The van der Waals surface area contributed by atoms with Crippen LogP contribution in [0.3, 0.4) is 0 Å². The third-order valence-electron chi connectivity index (χ3n) is 10.5. The SMILES string of the molecule is CC1=NN(c2ccccc2)C(=O)C1N=Nc1cc(S(=O)(=O)O)cc2cc(S(=O)(=O)O)c(N=Nc3ccc(-c4ccc(N=Nc5c(O)c(S(=O)(=O)O)cc6cc(S(=O)(=O)O)ccc56)c(O)c4)cc3O)c(O)c12. The second kappa shape index (κ2) is 18.0. The van der Waals surface area contributed by atoms with E-state index in [2.05, 4.69) is 35.8 Å². The molecule has 8 rings (SSSR count). The molecule has 29 heteroatoms. The van der Waals surface area contributed by atoms with Gasteiger partial charge in [-0.15, -0.1) is 20.5 Å². The third kappa shape index (κ3) is 9.86.